The van der Waals surface area contributed by atoms with Gasteiger partial charge in [-0.15, -0.1) is 0 Å². The van der Waals surface area contributed by atoms with E-state index in [1.807, 2.05) is 0 Å². The summed E-state index contributed by atoms with van der Waals surface area (Å²) in [6.07, 6.45) is 1.16. The number of aromatic nitrogens is 1. The van der Waals surface area contributed by atoms with Crippen molar-refractivity contribution in [1.29, 1.82) is 0 Å². The first kappa shape index (κ1) is 8.31. The molecule has 0 saturated carbocycles. The van der Waals surface area contributed by atoms with E-state index in [9.17, 15) is 0 Å². The van der Waals surface area contributed by atoms with E-state index in [0.717, 1.165) is 10.7 Å². The molecule has 0 atom stereocenters. The molecule has 7 heteroatoms. The predicted molar refractivity (Wildman–Crippen MR) is 44.2 cm³/mol. The molecule has 1 aromatic rings. The lowest BCUT2D eigenvalue weighted by atomic mass is 10.2. The quantitative estimate of drug-likeness (QED) is 0.138. The van der Waals surface area contributed by atoms with Crippen LogP contribution < -0.4 is 11.5 Å². The van der Waals surface area contributed by atoms with E-state index in [1.165, 1.54) is 0 Å². The van der Waals surface area contributed by atoms with Gasteiger partial charge in [-0.3, -0.25) is 0 Å². The Hall–Kier alpha value is -1.79. The van der Waals surface area contributed by atoms with Crippen molar-refractivity contribution in [3.05, 3.63) is 11.8 Å². The van der Waals surface area contributed by atoms with Crippen LogP contribution in [0.3, 0.4) is 0 Å². The molecule has 0 saturated heterocycles. The van der Waals surface area contributed by atoms with Gasteiger partial charge in [0.2, 0.25) is 7.98 Å². The number of nitrogens with two attached hydrogens (primary N) is 2. The van der Waals surface area contributed by atoms with E-state index in [-0.39, 0.29) is 23.0 Å². The van der Waals surface area contributed by atoms with Crippen LogP contribution in [0.15, 0.2) is 11.4 Å². The molecule has 1 rings (SSSR count). The molecule has 0 aliphatic carbocycles. The maximum absolute atomic E-state index is 9.16. The summed E-state index contributed by atoms with van der Waals surface area (Å²) in [5, 5.41) is 20.1. The standard InChI is InChI=1S/C5H7BN4O2/c6-10-1-2(11)3(5(10)8)4(7)9-12/h1,11-12H,8H2,(H2,7,9). The normalized spacial score (nSPS) is 11.8. The number of amidine groups is 1. The van der Waals surface area contributed by atoms with Crippen molar-refractivity contribution in [2.45, 2.75) is 0 Å². The molecule has 0 spiro atoms. The van der Waals surface area contributed by atoms with Crippen LogP contribution in [0.4, 0.5) is 5.82 Å². The first-order chi connectivity index (χ1) is 5.57. The van der Waals surface area contributed by atoms with Crippen LogP contribution in [0.25, 0.3) is 0 Å². The smallest absolute Gasteiger partial charge is 0.236 e. The molecule has 6 nitrogen and oxygen atoms in total. The first-order valence-corrected chi connectivity index (χ1v) is 3.00. The maximum atomic E-state index is 9.16. The van der Waals surface area contributed by atoms with Gasteiger partial charge < -0.3 is 26.3 Å². The summed E-state index contributed by atoms with van der Waals surface area (Å²) in [5.74, 6) is -0.484. The first-order valence-electron chi connectivity index (χ1n) is 3.00. The second-order valence-electron chi connectivity index (χ2n) is 2.17. The molecule has 0 unspecified atom stereocenters. The highest BCUT2D eigenvalue weighted by Gasteiger charge is 2.14. The average molecular weight is 166 g/mol. The van der Waals surface area contributed by atoms with E-state index in [2.05, 4.69) is 5.16 Å². The summed E-state index contributed by atoms with van der Waals surface area (Å²) in [6, 6.07) is 0. The Morgan fingerprint density at radius 2 is 2.25 bits per heavy atom. The van der Waals surface area contributed by atoms with E-state index >= 15 is 0 Å². The Labute approximate surface area is 69.5 Å². The molecule has 0 aromatic carbocycles. The van der Waals surface area contributed by atoms with Crippen LogP contribution in [-0.4, -0.2) is 28.6 Å². The zero-order valence-electron chi connectivity index (χ0n) is 6.10. The number of hydrogen-bond donors (Lipinski definition) is 4. The maximum Gasteiger partial charge on any atom is 0.236 e. The van der Waals surface area contributed by atoms with Gasteiger partial charge in [-0.05, 0) is 0 Å². The predicted octanol–water partition coefficient (Wildman–Crippen LogP) is -1.20. The minimum Gasteiger partial charge on any atom is -0.506 e. The summed E-state index contributed by atoms with van der Waals surface area (Å²) in [7, 11) is 5.27. The van der Waals surface area contributed by atoms with Gasteiger partial charge in [0.1, 0.15) is 17.1 Å². The van der Waals surface area contributed by atoms with Gasteiger partial charge >= 0.3 is 0 Å². The van der Waals surface area contributed by atoms with Crippen LogP contribution in [0.1, 0.15) is 5.56 Å². The van der Waals surface area contributed by atoms with E-state index < -0.39 is 0 Å². The Balaban J connectivity index is 3.32. The van der Waals surface area contributed by atoms with E-state index in [4.69, 9.17) is 29.8 Å². The molecule has 0 bridgehead atoms. The number of nitrogens with zero attached hydrogens (tertiary/aromatic N) is 2. The fraction of sp³-hybridized carbons (Fsp3) is 0. The molecular weight excluding hydrogens is 159 g/mol. The van der Waals surface area contributed by atoms with Crippen LogP contribution >= 0.6 is 0 Å². The lowest BCUT2D eigenvalue weighted by molar-refractivity contribution is 0.318. The SMILES string of the molecule is [B]n1cc(O)c(C(N)=NO)c1N. The largest absolute Gasteiger partial charge is 0.506 e. The fourth-order valence-corrected chi connectivity index (χ4v) is 0.839. The van der Waals surface area contributed by atoms with Gasteiger partial charge in [-0.1, -0.05) is 5.16 Å². The van der Waals surface area contributed by atoms with Gasteiger partial charge in [0.05, 0.1) is 0 Å². The third kappa shape index (κ3) is 1.05. The zero-order valence-corrected chi connectivity index (χ0v) is 6.10. The molecular formula is C5H7BN4O2. The van der Waals surface area contributed by atoms with Gasteiger partial charge in [-0.25, -0.2) is 0 Å². The van der Waals surface area contributed by atoms with Crippen LogP contribution in [-0.2, 0) is 0 Å². The van der Waals surface area contributed by atoms with Gasteiger partial charge in [0, 0.05) is 6.20 Å². The number of anilines is 1. The van der Waals surface area contributed by atoms with E-state index in [1.54, 1.807) is 0 Å². The summed E-state index contributed by atoms with van der Waals surface area (Å²) in [5.41, 5.74) is 10.6. The number of hydrogen-bond acceptors (Lipinski definition) is 4. The molecule has 0 aliphatic rings. The minimum atomic E-state index is -0.283. The fourth-order valence-electron chi connectivity index (χ4n) is 0.839. The van der Waals surface area contributed by atoms with Crippen molar-refractivity contribution in [1.82, 2.24) is 4.48 Å². The molecule has 6 N–H and O–H groups in total. The third-order valence-electron chi connectivity index (χ3n) is 1.42. The number of aromatic hydroxyl groups is 1. The second-order valence-corrected chi connectivity index (χ2v) is 2.17. The summed E-state index contributed by atoms with van der Waals surface area (Å²) in [4.78, 5) is 0. The highest BCUT2D eigenvalue weighted by atomic mass is 16.4. The minimum absolute atomic E-state index is 0.0278. The number of rotatable bonds is 1. The van der Waals surface area contributed by atoms with Gasteiger partial charge in [0.25, 0.3) is 0 Å². The Kier molecular flexibility index (Phi) is 1.86. The average Bonchev–Trinajstić information content (AvgIpc) is 2.26. The van der Waals surface area contributed by atoms with Crippen LogP contribution in [0.2, 0.25) is 0 Å². The van der Waals surface area contributed by atoms with Crippen molar-refractivity contribution in [2.75, 3.05) is 5.73 Å². The Morgan fingerprint density at radius 3 is 2.58 bits per heavy atom. The Bertz CT molecular complexity index is 332. The van der Waals surface area contributed by atoms with Crippen molar-refractivity contribution < 1.29 is 10.3 Å². The van der Waals surface area contributed by atoms with Crippen LogP contribution in [0.5, 0.6) is 5.75 Å². The lowest BCUT2D eigenvalue weighted by Gasteiger charge is -1.99. The molecule has 2 radical (unpaired) electrons. The summed E-state index contributed by atoms with van der Waals surface area (Å²) in [6.45, 7) is 0. The highest BCUT2D eigenvalue weighted by molar-refractivity contribution is 6.12. The van der Waals surface area contributed by atoms with E-state index in [0.29, 0.717) is 0 Å². The third-order valence-corrected chi connectivity index (χ3v) is 1.42. The zero-order chi connectivity index (χ0) is 9.30. The molecule has 1 heterocycles. The van der Waals surface area contributed by atoms with Crippen molar-refractivity contribution in [3.63, 3.8) is 0 Å². The molecule has 1 aromatic heterocycles. The molecule has 0 amide bonds. The van der Waals surface area contributed by atoms with Crippen molar-refractivity contribution in [2.24, 2.45) is 10.9 Å². The molecule has 62 valence electrons. The second kappa shape index (κ2) is 2.69. The summed E-state index contributed by atoms with van der Waals surface area (Å²) < 4.78 is 0.975. The highest BCUT2D eigenvalue weighted by Crippen LogP contribution is 2.23. The van der Waals surface area contributed by atoms with Crippen molar-refractivity contribution >= 4 is 19.6 Å². The monoisotopic (exact) mass is 166 g/mol. The van der Waals surface area contributed by atoms with Crippen LogP contribution in [0, 0.1) is 0 Å². The van der Waals surface area contributed by atoms with Crippen molar-refractivity contribution in [3.8, 4) is 5.75 Å². The number of nitrogen functional groups attached to an aromatic ring is 1. The van der Waals surface area contributed by atoms with Gasteiger partial charge in [-0.2, -0.15) is 0 Å². The topological polar surface area (TPSA) is 110 Å². The Morgan fingerprint density at radius 1 is 1.67 bits per heavy atom. The molecule has 0 fully saturated rings. The van der Waals surface area contributed by atoms with Gasteiger partial charge in [0.15, 0.2) is 5.84 Å². The lowest BCUT2D eigenvalue weighted by Crippen LogP contribution is -2.15. The number of oxime groups is 1. The molecule has 12 heavy (non-hydrogen) atoms. The molecule has 0 aliphatic heterocycles. The summed E-state index contributed by atoms with van der Waals surface area (Å²) >= 11 is 0.